The first-order valence-corrected chi connectivity index (χ1v) is 7.88. The van der Waals surface area contributed by atoms with Crippen LogP contribution < -0.4 is 5.32 Å². The van der Waals surface area contributed by atoms with E-state index in [1.807, 2.05) is 24.3 Å². The molecule has 3 rings (SSSR count). The maximum atomic E-state index is 9.78. The minimum atomic E-state index is -0.0271. The Morgan fingerprint density at radius 3 is 2.52 bits per heavy atom. The highest BCUT2D eigenvalue weighted by atomic mass is 35.5. The minimum Gasteiger partial charge on any atom is -0.396 e. The Morgan fingerprint density at radius 2 is 1.81 bits per heavy atom. The lowest BCUT2D eigenvalue weighted by atomic mass is 9.74. The Kier molecular flexibility index (Phi) is 4.27. The molecule has 0 saturated heterocycles. The fourth-order valence-electron chi connectivity index (χ4n) is 3.17. The summed E-state index contributed by atoms with van der Waals surface area (Å²) in [6, 6.07) is 7.84. The first kappa shape index (κ1) is 14.5. The second kappa shape index (κ2) is 6.16. The molecule has 2 aromatic rings. The number of halogens is 1. The van der Waals surface area contributed by atoms with Gasteiger partial charge in [0.25, 0.3) is 0 Å². The lowest BCUT2D eigenvalue weighted by Gasteiger charge is -2.35. The number of nitrogens with zero attached hydrogens (tertiary/aromatic N) is 2. The summed E-state index contributed by atoms with van der Waals surface area (Å²) in [5.41, 5.74) is -0.0271. The predicted molar refractivity (Wildman–Crippen MR) is 85.6 cm³/mol. The Labute approximate surface area is 129 Å². The molecule has 1 aliphatic rings. The molecule has 0 bridgehead atoms. The van der Waals surface area contributed by atoms with E-state index in [1.165, 1.54) is 19.3 Å². The van der Waals surface area contributed by atoms with Gasteiger partial charge in [0.05, 0.1) is 6.61 Å². The predicted octanol–water partition coefficient (Wildman–Crippen LogP) is 3.64. The lowest BCUT2D eigenvalue weighted by Crippen LogP contribution is -2.35. The summed E-state index contributed by atoms with van der Waals surface area (Å²) < 4.78 is 0. The van der Waals surface area contributed by atoms with Crippen LogP contribution in [-0.4, -0.2) is 28.5 Å². The molecular formula is C16H20ClN3O. The highest BCUT2D eigenvalue weighted by molar-refractivity contribution is 6.34. The van der Waals surface area contributed by atoms with E-state index in [4.69, 9.17) is 11.6 Å². The Hall–Kier alpha value is -1.39. The number of hydrogen-bond acceptors (Lipinski definition) is 4. The molecule has 1 aromatic heterocycles. The Bertz CT molecular complexity index is 626. The first-order valence-electron chi connectivity index (χ1n) is 7.50. The van der Waals surface area contributed by atoms with Crippen molar-refractivity contribution >= 4 is 28.2 Å². The molecule has 1 saturated carbocycles. The second-order valence-electron chi connectivity index (χ2n) is 5.96. The van der Waals surface area contributed by atoms with E-state index in [0.717, 1.165) is 36.0 Å². The van der Waals surface area contributed by atoms with Crippen molar-refractivity contribution in [3.05, 3.63) is 29.4 Å². The Balaban J connectivity index is 1.83. The summed E-state index contributed by atoms with van der Waals surface area (Å²) >= 11 is 6.09. The monoisotopic (exact) mass is 305 g/mol. The van der Waals surface area contributed by atoms with Gasteiger partial charge in [-0.15, -0.1) is 10.2 Å². The topological polar surface area (TPSA) is 58.0 Å². The van der Waals surface area contributed by atoms with Crippen LogP contribution in [0.1, 0.15) is 32.1 Å². The third-order valence-corrected chi connectivity index (χ3v) is 4.80. The number of rotatable bonds is 4. The van der Waals surface area contributed by atoms with Crippen molar-refractivity contribution in [2.75, 3.05) is 18.5 Å². The summed E-state index contributed by atoms with van der Waals surface area (Å²) in [6.45, 7) is 0.947. The third kappa shape index (κ3) is 2.97. The van der Waals surface area contributed by atoms with Crippen LogP contribution in [0.15, 0.2) is 24.3 Å². The van der Waals surface area contributed by atoms with Crippen LogP contribution in [0.3, 0.4) is 0 Å². The van der Waals surface area contributed by atoms with Crippen molar-refractivity contribution < 1.29 is 5.11 Å². The van der Waals surface area contributed by atoms with Crippen molar-refractivity contribution in [1.29, 1.82) is 0 Å². The molecule has 0 spiro atoms. The summed E-state index contributed by atoms with van der Waals surface area (Å²) in [7, 11) is 0. The van der Waals surface area contributed by atoms with Gasteiger partial charge >= 0.3 is 0 Å². The number of nitrogens with one attached hydrogen (secondary N) is 1. The van der Waals surface area contributed by atoms with E-state index >= 15 is 0 Å². The van der Waals surface area contributed by atoms with Crippen LogP contribution >= 0.6 is 11.6 Å². The average molecular weight is 306 g/mol. The van der Waals surface area contributed by atoms with Gasteiger partial charge in [-0.3, -0.25) is 0 Å². The highest BCUT2D eigenvalue weighted by Gasteiger charge is 2.31. The van der Waals surface area contributed by atoms with E-state index in [0.29, 0.717) is 5.15 Å². The molecule has 0 unspecified atom stereocenters. The molecule has 112 valence electrons. The summed E-state index contributed by atoms with van der Waals surface area (Å²) in [6.07, 6.45) is 5.78. The molecule has 2 N–H and O–H groups in total. The van der Waals surface area contributed by atoms with E-state index in [-0.39, 0.29) is 12.0 Å². The molecule has 0 radical (unpaired) electrons. The van der Waals surface area contributed by atoms with E-state index < -0.39 is 0 Å². The maximum Gasteiger partial charge on any atom is 0.159 e. The molecule has 0 atom stereocenters. The fourth-order valence-corrected chi connectivity index (χ4v) is 3.37. The fraction of sp³-hybridized carbons (Fsp3) is 0.500. The number of anilines is 1. The molecule has 1 aromatic carbocycles. The molecule has 5 heteroatoms. The number of benzene rings is 1. The molecule has 1 fully saturated rings. The van der Waals surface area contributed by atoms with Gasteiger partial charge in [0.2, 0.25) is 0 Å². The largest absolute Gasteiger partial charge is 0.396 e. The minimum absolute atomic E-state index is 0.0271. The van der Waals surface area contributed by atoms with Crippen LogP contribution in [0.4, 0.5) is 5.82 Å². The zero-order valence-electron chi connectivity index (χ0n) is 12.0. The van der Waals surface area contributed by atoms with Crippen LogP contribution in [0.5, 0.6) is 0 Å². The average Bonchev–Trinajstić information content (AvgIpc) is 2.55. The molecule has 21 heavy (non-hydrogen) atoms. The van der Waals surface area contributed by atoms with Gasteiger partial charge in [0.1, 0.15) is 0 Å². The second-order valence-corrected chi connectivity index (χ2v) is 6.32. The SMILES string of the molecule is OCC1(CNc2nnc(Cl)c3ccccc23)CCCCC1. The van der Waals surface area contributed by atoms with Crippen LogP contribution in [-0.2, 0) is 0 Å². The highest BCUT2D eigenvalue weighted by Crippen LogP contribution is 2.36. The molecule has 1 heterocycles. The zero-order chi connectivity index (χ0) is 14.7. The van der Waals surface area contributed by atoms with Crippen molar-refractivity contribution in [3.63, 3.8) is 0 Å². The maximum absolute atomic E-state index is 9.78. The van der Waals surface area contributed by atoms with Gasteiger partial charge in [-0.05, 0) is 12.8 Å². The smallest absolute Gasteiger partial charge is 0.159 e. The van der Waals surface area contributed by atoms with Gasteiger partial charge in [-0.2, -0.15) is 0 Å². The van der Waals surface area contributed by atoms with Gasteiger partial charge in [0, 0.05) is 22.7 Å². The van der Waals surface area contributed by atoms with Crippen LogP contribution in [0, 0.1) is 5.41 Å². The van der Waals surface area contributed by atoms with Crippen molar-refractivity contribution in [3.8, 4) is 0 Å². The molecule has 0 aliphatic heterocycles. The van der Waals surface area contributed by atoms with Crippen LogP contribution in [0.2, 0.25) is 5.15 Å². The van der Waals surface area contributed by atoms with Crippen LogP contribution in [0.25, 0.3) is 10.8 Å². The van der Waals surface area contributed by atoms with E-state index in [9.17, 15) is 5.11 Å². The molecule has 1 aliphatic carbocycles. The van der Waals surface area contributed by atoms with Gasteiger partial charge < -0.3 is 10.4 Å². The van der Waals surface area contributed by atoms with E-state index in [2.05, 4.69) is 15.5 Å². The number of aliphatic hydroxyl groups is 1. The first-order chi connectivity index (χ1) is 10.2. The molecule has 4 nitrogen and oxygen atoms in total. The normalized spacial score (nSPS) is 17.8. The summed E-state index contributed by atoms with van der Waals surface area (Å²) in [5.74, 6) is 0.744. The van der Waals surface area contributed by atoms with Crippen molar-refractivity contribution in [2.24, 2.45) is 5.41 Å². The lowest BCUT2D eigenvalue weighted by molar-refractivity contribution is 0.0943. The molecule has 0 amide bonds. The zero-order valence-corrected chi connectivity index (χ0v) is 12.7. The number of aliphatic hydroxyl groups excluding tert-OH is 1. The molecular weight excluding hydrogens is 286 g/mol. The number of hydrogen-bond donors (Lipinski definition) is 2. The number of fused-ring (bicyclic) bond motifs is 1. The summed E-state index contributed by atoms with van der Waals surface area (Å²) in [5, 5.41) is 23.7. The van der Waals surface area contributed by atoms with Crippen molar-refractivity contribution in [2.45, 2.75) is 32.1 Å². The number of aromatic nitrogens is 2. The van der Waals surface area contributed by atoms with Crippen molar-refractivity contribution in [1.82, 2.24) is 10.2 Å². The summed E-state index contributed by atoms with van der Waals surface area (Å²) in [4.78, 5) is 0. The van der Waals surface area contributed by atoms with E-state index in [1.54, 1.807) is 0 Å². The van der Waals surface area contributed by atoms with Gasteiger partial charge in [-0.1, -0.05) is 55.1 Å². The Morgan fingerprint density at radius 1 is 1.10 bits per heavy atom. The van der Waals surface area contributed by atoms with Gasteiger partial charge in [0.15, 0.2) is 11.0 Å². The standard InChI is InChI=1S/C16H20ClN3O/c17-14-12-6-2-3-7-13(12)15(20-19-14)18-10-16(11-21)8-4-1-5-9-16/h2-3,6-7,21H,1,4-5,8-11H2,(H,18,20). The van der Waals surface area contributed by atoms with Gasteiger partial charge in [-0.25, -0.2) is 0 Å². The third-order valence-electron chi connectivity index (χ3n) is 4.52. The quantitative estimate of drug-likeness (QED) is 0.905.